The van der Waals surface area contributed by atoms with Crippen LogP contribution in [0, 0.1) is 0 Å². The van der Waals surface area contributed by atoms with Gasteiger partial charge in [-0.25, -0.2) is 0 Å². The van der Waals surface area contributed by atoms with E-state index in [0.717, 1.165) is 0 Å². The zero-order valence-electron chi connectivity index (χ0n) is 13.7. The molecule has 9 heteroatoms. The van der Waals surface area contributed by atoms with E-state index in [9.17, 15) is 14.4 Å². The molecular formula is C17H15N5O4. The first-order valence-electron chi connectivity index (χ1n) is 7.54. The summed E-state index contributed by atoms with van der Waals surface area (Å²) >= 11 is 0. The number of carbonyl (C=O) groups excluding carboxylic acids is 3. The van der Waals surface area contributed by atoms with Crippen LogP contribution in [0.15, 0.2) is 53.1 Å². The van der Waals surface area contributed by atoms with E-state index in [-0.39, 0.29) is 11.5 Å². The Morgan fingerprint density at radius 3 is 2.42 bits per heavy atom. The number of carbonyl (C=O) groups is 3. The van der Waals surface area contributed by atoms with E-state index in [0.29, 0.717) is 17.1 Å². The average molecular weight is 353 g/mol. The number of aromatic nitrogens is 2. The van der Waals surface area contributed by atoms with Crippen molar-refractivity contribution >= 4 is 29.2 Å². The fraction of sp³-hybridized carbons (Fsp3) is 0.0588. The molecule has 0 radical (unpaired) electrons. The molecule has 2 aromatic heterocycles. The van der Waals surface area contributed by atoms with Gasteiger partial charge in [-0.05, 0) is 36.4 Å². The van der Waals surface area contributed by atoms with Gasteiger partial charge in [-0.1, -0.05) is 0 Å². The fourth-order valence-corrected chi connectivity index (χ4v) is 2.19. The van der Waals surface area contributed by atoms with Crippen LogP contribution in [0.5, 0.6) is 0 Å². The maximum absolute atomic E-state index is 12.3. The summed E-state index contributed by atoms with van der Waals surface area (Å²) in [5.41, 5.74) is 6.10. The summed E-state index contributed by atoms with van der Waals surface area (Å²) in [7, 11) is 1.59. The van der Waals surface area contributed by atoms with Crippen LogP contribution in [-0.4, -0.2) is 27.5 Å². The predicted octanol–water partition coefficient (Wildman–Crippen LogP) is 1.62. The lowest BCUT2D eigenvalue weighted by Crippen LogP contribution is -2.14. The van der Waals surface area contributed by atoms with Crippen LogP contribution in [0.25, 0.3) is 0 Å². The van der Waals surface area contributed by atoms with Gasteiger partial charge in [-0.2, -0.15) is 5.10 Å². The molecule has 9 nitrogen and oxygen atoms in total. The number of hydrogen-bond donors (Lipinski definition) is 3. The number of aryl methyl sites for hydroxylation is 1. The molecule has 26 heavy (non-hydrogen) atoms. The van der Waals surface area contributed by atoms with Crippen LogP contribution in [0.2, 0.25) is 0 Å². The average Bonchev–Trinajstić information content (AvgIpc) is 3.26. The minimum Gasteiger partial charge on any atom is -0.459 e. The molecule has 0 aliphatic rings. The summed E-state index contributed by atoms with van der Waals surface area (Å²) < 4.78 is 6.38. The van der Waals surface area contributed by atoms with Gasteiger partial charge in [0.2, 0.25) is 5.91 Å². The molecule has 2 heterocycles. The van der Waals surface area contributed by atoms with E-state index >= 15 is 0 Å². The van der Waals surface area contributed by atoms with Crippen LogP contribution < -0.4 is 16.4 Å². The smallest absolute Gasteiger partial charge is 0.292 e. The molecule has 0 bridgehead atoms. The normalized spacial score (nSPS) is 10.3. The maximum atomic E-state index is 12.3. The number of anilines is 2. The molecule has 1 aromatic carbocycles. The second-order valence-corrected chi connectivity index (χ2v) is 5.37. The van der Waals surface area contributed by atoms with Crippen LogP contribution in [0.4, 0.5) is 11.5 Å². The first-order chi connectivity index (χ1) is 12.4. The Balaban J connectivity index is 1.70. The molecule has 0 saturated carbocycles. The maximum Gasteiger partial charge on any atom is 0.292 e. The van der Waals surface area contributed by atoms with Crippen molar-refractivity contribution in [3.8, 4) is 0 Å². The summed E-state index contributed by atoms with van der Waals surface area (Å²) in [4.78, 5) is 35.4. The fourth-order valence-electron chi connectivity index (χ4n) is 2.19. The highest BCUT2D eigenvalue weighted by atomic mass is 16.3. The highest BCUT2D eigenvalue weighted by molar-refractivity contribution is 6.05. The van der Waals surface area contributed by atoms with E-state index in [4.69, 9.17) is 10.2 Å². The molecule has 0 saturated heterocycles. The number of hydrogen-bond acceptors (Lipinski definition) is 5. The third-order valence-electron chi connectivity index (χ3n) is 3.53. The third-order valence-corrected chi connectivity index (χ3v) is 3.53. The second kappa shape index (κ2) is 6.93. The number of primary amides is 1. The Morgan fingerprint density at radius 1 is 1.08 bits per heavy atom. The van der Waals surface area contributed by atoms with Gasteiger partial charge < -0.3 is 20.8 Å². The Bertz CT molecular complexity index is 958. The molecular weight excluding hydrogens is 338 g/mol. The molecule has 4 N–H and O–H groups in total. The van der Waals surface area contributed by atoms with Crippen LogP contribution >= 0.6 is 0 Å². The van der Waals surface area contributed by atoms with E-state index in [1.807, 2.05) is 0 Å². The number of nitrogens with one attached hydrogen (secondary N) is 2. The van der Waals surface area contributed by atoms with Crippen molar-refractivity contribution < 1.29 is 18.8 Å². The summed E-state index contributed by atoms with van der Waals surface area (Å²) in [6, 6.07) is 10.7. The van der Waals surface area contributed by atoms with Gasteiger partial charge in [0, 0.05) is 24.4 Å². The Kier molecular flexibility index (Phi) is 4.52. The zero-order chi connectivity index (χ0) is 18.7. The standard InChI is InChI=1S/C17H15N5O4/c1-22-14(20-17(25)13-3-2-8-26-13)9-12(21-22)16(24)19-11-6-4-10(5-7-11)15(18)23/h2-9H,1H3,(H2,18,23)(H,19,24)(H,20,25). The second-order valence-electron chi connectivity index (χ2n) is 5.37. The third kappa shape index (κ3) is 3.61. The number of benzene rings is 1. The molecule has 3 amide bonds. The monoisotopic (exact) mass is 353 g/mol. The van der Waals surface area contributed by atoms with Crippen molar-refractivity contribution in [2.75, 3.05) is 10.6 Å². The summed E-state index contributed by atoms with van der Waals surface area (Å²) in [6.45, 7) is 0. The highest BCUT2D eigenvalue weighted by Crippen LogP contribution is 2.14. The van der Waals surface area contributed by atoms with E-state index < -0.39 is 17.7 Å². The van der Waals surface area contributed by atoms with Gasteiger partial charge in [0.25, 0.3) is 11.8 Å². The number of amides is 3. The SMILES string of the molecule is Cn1nc(C(=O)Nc2ccc(C(N)=O)cc2)cc1NC(=O)c1ccco1. The van der Waals surface area contributed by atoms with Gasteiger partial charge in [-0.3, -0.25) is 19.1 Å². The van der Waals surface area contributed by atoms with Gasteiger partial charge in [0.1, 0.15) is 5.82 Å². The molecule has 0 aliphatic heterocycles. The molecule has 0 fully saturated rings. The van der Waals surface area contributed by atoms with Crippen molar-refractivity contribution in [3.63, 3.8) is 0 Å². The van der Waals surface area contributed by atoms with E-state index in [1.54, 1.807) is 25.2 Å². The lowest BCUT2D eigenvalue weighted by Gasteiger charge is -2.03. The molecule has 0 unspecified atom stereocenters. The van der Waals surface area contributed by atoms with Crippen LogP contribution in [0.1, 0.15) is 31.4 Å². The lowest BCUT2D eigenvalue weighted by molar-refractivity contribution is 0.0989. The van der Waals surface area contributed by atoms with Gasteiger partial charge >= 0.3 is 0 Å². The molecule has 0 aliphatic carbocycles. The van der Waals surface area contributed by atoms with Crippen LogP contribution in [-0.2, 0) is 7.05 Å². The molecule has 0 spiro atoms. The predicted molar refractivity (Wildman–Crippen MR) is 92.8 cm³/mol. The quantitative estimate of drug-likeness (QED) is 0.641. The van der Waals surface area contributed by atoms with Crippen molar-refractivity contribution in [3.05, 3.63) is 65.7 Å². The number of nitrogens with zero attached hydrogens (tertiary/aromatic N) is 2. The molecule has 3 aromatic rings. The zero-order valence-corrected chi connectivity index (χ0v) is 13.7. The van der Waals surface area contributed by atoms with Crippen LogP contribution in [0.3, 0.4) is 0 Å². The largest absolute Gasteiger partial charge is 0.459 e. The topological polar surface area (TPSA) is 132 Å². The number of furan rings is 1. The lowest BCUT2D eigenvalue weighted by atomic mass is 10.2. The van der Waals surface area contributed by atoms with E-state index in [2.05, 4.69) is 15.7 Å². The molecule has 3 rings (SSSR count). The van der Waals surface area contributed by atoms with Gasteiger partial charge in [0.05, 0.1) is 6.26 Å². The summed E-state index contributed by atoms with van der Waals surface area (Å²) in [5.74, 6) is -0.991. The highest BCUT2D eigenvalue weighted by Gasteiger charge is 2.16. The Hall–Kier alpha value is -3.88. The first-order valence-corrected chi connectivity index (χ1v) is 7.54. The number of rotatable bonds is 5. The first kappa shape index (κ1) is 17.0. The minimum atomic E-state index is -0.551. The Labute approximate surface area is 147 Å². The van der Waals surface area contributed by atoms with Gasteiger partial charge in [-0.15, -0.1) is 0 Å². The van der Waals surface area contributed by atoms with Crippen molar-refractivity contribution in [2.24, 2.45) is 12.8 Å². The van der Waals surface area contributed by atoms with Crippen molar-refractivity contribution in [1.82, 2.24) is 9.78 Å². The minimum absolute atomic E-state index is 0.112. The molecule has 0 atom stereocenters. The summed E-state index contributed by atoms with van der Waals surface area (Å²) in [6.07, 6.45) is 1.39. The molecule has 132 valence electrons. The Morgan fingerprint density at radius 2 is 1.81 bits per heavy atom. The van der Waals surface area contributed by atoms with Gasteiger partial charge in [0.15, 0.2) is 11.5 Å². The van der Waals surface area contributed by atoms with Crippen molar-refractivity contribution in [2.45, 2.75) is 0 Å². The van der Waals surface area contributed by atoms with E-state index in [1.165, 1.54) is 35.2 Å². The van der Waals surface area contributed by atoms with Crippen molar-refractivity contribution in [1.29, 1.82) is 0 Å². The number of nitrogens with two attached hydrogens (primary N) is 1. The summed E-state index contributed by atoms with van der Waals surface area (Å²) in [5, 5.41) is 9.33.